The number of aromatic nitrogens is 1. The fourth-order valence-corrected chi connectivity index (χ4v) is 2.19. The molecule has 2 N–H and O–H groups in total. The number of carbonyl (C=O) groups excluding carboxylic acids is 2. The predicted molar refractivity (Wildman–Crippen MR) is 80.4 cm³/mol. The third-order valence-corrected chi connectivity index (χ3v) is 3.25. The molecule has 22 heavy (non-hydrogen) atoms. The highest BCUT2D eigenvalue weighted by atomic mass is 16.5. The number of carbonyl (C=O) groups is 2. The maximum atomic E-state index is 12.0. The lowest BCUT2D eigenvalue weighted by Gasteiger charge is -2.18. The van der Waals surface area contributed by atoms with E-state index in [-0.39, 0.29) is 24.8 Å². The maximum Gasteiger partial charge on any atom is 0.262 e. The van der Waals surface area contributed by atoms with Gasteiger partial charge in [-0.3, -0.25) is 14.6 Å². The average Bonchev–Trinajstić information content (AvgIpc) is 2.53. The summed E-state index contributed by atoms with van der Waals surface area (Å²) >= 11 is 0. The Balaban J connectivity index is 1.60. The zero-order valence-corrected chi connectivity index (χ0v) is 11.8. The predicted octanol–water partition coefficient (Wildman–Crippen LogP) is 1.27. The van der Waals surface area contributed by atoms with E-state index < -0.39 is 0 Å². The quantitative estimate of drug-likeness (QED) is 0.890. The van der Waals surface area contributed by atoms with Gasteiger partial charge in [-0.1, -0.05) is 12.1 Å². The molecule has 3 rings (SSSR count). The molecule has 0 radical (unpaired) electrons. The lowest BCUT2D eigenvalue weighted by atomic mass is 10.1. The van der Waals surface area contributed by atoms with Gasteiger partial charge in [-0.2, -0.15) is 0 Å². The molecule has 2 heterocycles. The number of pyridine rings is 1. The molecule has 1 aromatic heterocycles. The van der Waals surface area contributed by atoms with Crippen molar-refractivity contribution in [3.05, 3.63) is 53.9 Å². The van der Waals surface area contributed by atoms with E-state index in [9.17, 15) is 9.59 Å². The van der Waals surface area contributed by atoms with Crippen molar-refractivity contribution in [1.29, 1.82) is 0 Å². The van der Waals surface area contributed by atoms with Gasteiger partial charge in [0.05, 0.1) is 12.1 Å². The summed E-state index contributed by atoms with van der Waals surface area (Å²) in [5, 5.41) is 5.57. The zero-order valence-electron chi connectivity index (χ0n) is 11.8. The molecule has 0 atom stereocenters. The highest BCUT2D eigenvalue weighted by Gasteiger charge is 2.16. The summed E-state index contributed by atoms with van der Waals surface area (Å²) in [5.41, 5.74) is 2.36. The van der Waals surface area contributed by atoms with Gasteiger partial charge in [0, 0.05) is 18.9 Å². The minimum absolute atomic E-state index is 0.0257. The van der Waals surface area contributed by atoms with Crippen molar-refractivity contribution < 1.29 is 14.3 Å². The molecule has 1 aliphatic heterocycles. The maximum absolute atomic E-state index is 12.0. The molecule has 112 valence electrons. The van der Waals surface area contributed by atoms with Crippen LogP contribution in [-0.4, -0.2) is 23.4 Å². The van der Waals surface area contributed by atoms with Crippen LogP contribution in [0.15, 0.2) is 42.7 Å². The Labute approximate surface area is 127 Å². The molecule has 1 aliphatic rings. The van der Waals surface area contributed by atoms with Crippen LogP contribution < -0.4 is 15.4 Å². The number of fused-ring (bicyclic) bond motifs is 1. The number of hydrogen-bond acceptors (Lipinski definition) is 4. The summed E-state index contributed by atoms with van der Waals surface area (Å²) < 4.78 is 5.28. The average molecular weight is 297 g/mol. The van der Waals surface area contributed by atoms with Crippen LogP contribution in [0.5, 0.6) is 5.75 Å². The second kappa shape index (κ2) is 6.26. The van der Waals surface area contributed by atoms with Gasteiger partial charge in [-0.15, -0.1) is 0 Å². The van der Waals surface area contributed by atoms with Gasteiger partial charge in [0.15, 0.2) is 6.61 Å². The van der Waals surface area contributed by atoms with Crippen molar-refractivity contribution in [2.24, 2.45) is 0 Å². The molecular formula is C16H15N3O3. The molecule has 6 nitrogen and oxygen atoms in total. The fourth-order valence-electron chi connectivity index (χ4n) is 2.19. The Morgan fingerprint density at radius 1 is 1.32 bits per heavy atom. The Morgan fingerprint density at radius 2 is 2.23 bits per heavy atom. The molecule has 6 heteroatoms. The Bertz CT molecular complexity index is 701. The third kappa shape index (κ3) is 3.41. The van der Waals surface area contributed by atoms with Crippen molar-refractivity contribution in [3.8, 4) is 5.75 Å². The largest absolute Gasteiger partial charge is 0.482 e. The van der Waals surface area contributed by atoms with Gasteiger partial charge < -0.3 is 15.4 Å². The SMILES string of the molecule is O=C(Cc1ccc2c(c1)NC(=O)CO2)NCc1cccnc1. The number of nitrogens with zero attached hydrogens (tertiary/aromatic N) is 1. The molecule has 2 amide bonds. The van der Waals surface area contributed by atoms with E-state index >= 15 is 0 Å². The van der Waals surface area contributed by atoms with Gasteiger partial charge in [0.25, 0.3) is 5.91 Å². The van der Waals surface area contributed by atoms with Gasteiger partial charge in [-0.25, -0.2) is 0 Å². The summed E-state index contributed by atoms with van der Waals surface area (Å²) in [6, 6.07) is 9.07. The summed E-state index contributed by atoms with van der Waals surface area (Å²) in [6.07, 6.45) is 3.64. The Hall–Kier alpha value is -2.89. The van der Waals surface area contributed by atoms with E-state index in [0.29, 0.717) is 18.0 Å². The normalized spacial score (nSPS) is 12.8. The van der Waals surface area contributed by atoms with Crippen molar-refractivity contribution in [1.82, 2.24) is 10.3 Å². The number of hydrogen-bond donors (Lipinski definition) is 2. The number of nitrogens with one attached hydrogen (secondary N) is 2. The number of amides is 2. The molecule has 0 saturated carbocycles. The molecule has 0 fully saturated rings. The first-order chi connectivity index (χ1) is 10.7. The Morgan fingerprint density at radius 3 is 3.05 bits per heavy atom. The fraction of sp³-hybridized carbons (Fsp3) is 0.188. The molecule has 0 aliphatic carbocycles. The molecular weight excluding hydrogens is 282 g/mol. The van der Waals surface area contributed by atoms with E-state index in [2.05, 4.69) is 15.6 Å². The van der Waals surface area contributed by atoms with Gasteiger partial charge >= 0.3 is 0 Å². The molecule has 0 bridgehead atoms. The first-order valence-corrected chi connectivity index (χ1v) is 6.92. The number of rotatable bonds is 4. The van der Waals surface area contributed by atoms with Crippen molar-refractivity contribution in [3.63, 3.8) is 0 Å². The number of ether oxygens (including phenoxy) is 1. The number of benzene rings is 1. The van der Waals surface area contributed by atoms with E-state index in [4.69, 9.17) is 4.74 Å². The summed E-state index contributed by atoms with van der Waals surface area (Å²) in [5.74, 6) is 0.344. The van der Waals surface area contributed by atoms with Crippen LogP contribution in [0.1, 0.15) is 11.1 Å². The second-order valence-electron chi connectivity index (χ2n) is 4.98. The zero-order chi connectivity index (χ0) is 15.4. The van der Waals surface area contributed by atoms with Crippen molar-refractivity contribution in [2.75, 3.05) is 11.9 Å². The van der Waals surface area contributed by atoms with E-state index in [0.717, 1.165) is 11.1 Å². The van der Waals surface area contributed by atoms with Crippen LogP contribution in [0, 0.1) is 0 Å². The van der Waals surface area contributed by atoms with E-state index in [1.807, 2.05) is 18.2 Å². The van der Waals surface area contributed by atoms with Crippen LogP contribution in [0.2, 0.25) is 0 Å². The molecule has 1 aromatic carbocycles. The lowest BCUT2D eigenvalue weighted by molar-refractivity contribution is -0.120. The minimum atomic E-state index is -0.189. The summed E-state index contributed by atoms with van der Waals surface area (Å²) in [6.45, 7) is 0.468. The monoisotopic (exact) mass is 297 g/mol. The van der Waals surface area contributed by atoms with Crippen molar-refractivity contribution in [2.45, 2.75) is 13.0 Å². The van der Waals surface area contributed by atoms with E-state index in [1.54, 1.807) is 24.5 Å². The smallest absolute Gasteiger partial charge is 0.262 e. The first-order valence-electron chi connectivity index (χ1n) is 6.92. The molecule has 0 saturated heterocycles. The van der Waals surface area contributed by atoms with Crippen LogP contribution in [0.4, 0.5) is 5.69 Å². The Kier molecular flexibility index (Phi) is 4.00. The highest BCUT2D eigenvalue weighted by Crippen LogP contribution is 2.28. The summed E-state index contributed by atoms with van der Waals surface area (Å²) in [7, 11) is 0. The first kappa shape index (κ1) is 14.1. The minimum Gasteiger partial charge on any atom is -0.482 e. The molecule has 2 aromatic rings. The van der Waals surface area contributed by atoms with E-state index in [1.165, 1.54) is 0 Å². The summed E-state index contributed by atoms with van der Waals surface area (Å²) in [4.78, 5) is 27.3. The van der Waals surface area contributed by atoms with Crippen LogP contribution in [0.25, 0.3) is 0 Å². The molecule has 0 unspecified atom stereocenters. The van der Waals surface area contributed by atoms with Crippen molar-refractivity contribution >= 4 is 17.5 Å². The van der Waals surface area contributed by atoms with Gasteiger partial charge in [0.2, 0.25) is 5.91 Å². The standard InChI is InChI=1S/C16H15N3O3/c20-15(18-9-12-2-1-5-17-8-12)7-11-3-4-14-13(6-11)19-16(21)10-22-14/h1-6,8H,7,9-10H2,(H,18,20)(H,19,21). The lowest BCUT2D eigenvalue weighted by Crippen LogP contribution is -2.26. The van der Waals surface area contributed by atoms with Gasteiger partial charge in [-0.05, 0) is 29.3 Å². The molecule has 0 spiro atoms. The van der Waals surface area contributed by atoms with Crippen LogP contribution in [0.3, 0.4) is 0 Å². The van der Waals surface area contributed by atoms with Crippen LogP contribution in [-0.2, 0) is 22.6 Å². The third-order valence-electron chi connectivity index (χ3n) is 3.25. The topological polar surface area (TPSA) is 80.3 Å². The second-order valence-corrected chi connectivity index (χ2v) is 4.98. The highest BCUT2D eigenvalue weighted by molar-refractivity contribution is 5.95. The number of anilines is 1. The van der Waals surface area contributed by atoms with Crippen LogP contribution >= 0.6 is 0 Å². The van der Waals surface area contributed by atoms with Gasteiger partial charge in [0.1, 0.15) is 5.75 Å².